The van der Waals surface area contributed by atoms with Crippen molar-refractivity contribution in [2.24, 2.45) is 4.99 Å². The van der Waals surface area contributed by atoms with Gasteiger partial charge in [0.25, 0.3) is 5.56 Å². The van der Waals surface area contributed by atoms with E-state index >= 15 is 0 Å². The van der Waals surface area contributed by atoms with Crippen LogP contribution in [0.2, 0.25) is 0 Å². The highest BCUT2D eigenvalue weighted by atomic mass is 127. The zero-order valence-electron chi connectivity index (χ0n) is 23.1. The molecule has 0 bridgehead atoms. The van der Waals surface area contributed by atoms with Crippen molar-refractivity contribution in [3.63, 3.8) is 0 Å². The summed E-state index contributed by atoms with van der Waals surface area (Å²) in [7, 11) is 1.59. The number of rotatable bonds is 8. The van der Waals surface area contributed by atoms with Crippen molar-refractivity contribution in [1.82, 2.24) is 4.57 Å². The number of ether oxygens (including phenoxy) is 3. The molecular formula is C32H29IN2O5S. The third-order valence-electron chi connectivity index (χ3n) is 6.70. The Labute approximate surface area is 255 Å². The van der Waals surface area contributed by atoms with Crippen LogP contribution in [0.1, 0.15) is 42.1 Å². The first kappa shape index (κ1) is 28.8. The molecule has 1 aromatic heterocycles. The molecule has 0 fully saturated rings. The second-order valence-electron chi connectivity index (χ2n) is 9.54. The first-order valence-corrected chi connectivity index (χ1v) is 15.0. The van der Waals surface area contributed by atoms with E-state index in [9.17, 15) is 9.59 Å². The van der Waals surface area contributed by atoms with Crippen molar-refractivity contribution >= 4 is 46.0 Å². The Morgan fingerprint density at radius 2 is 1.78 bits per heavy atom. The van der Waals surface area contributed by atoms with Crippen LogP contribution >= 0.6 is 33.9 Å². The number of esters is 1. The lowest BCUT2D eigenvalue weighted by Crippen LogP contribution is -2.39. The zero-order valence-corrected chi connectivity index (χ0v) is 26.1. The molecule has 9 heteroatoms. The lowest BCUT2D eigenvalue weighted by molar-refractivity contribution is -0.139. The van der Waals surface area contributed by atoms with Crippen molar-refractivity contribution in [2.75, 3.05) is 13.7 Å². The van der Waals surface area contributed by atoms with Crippen molar-refractivity contribution in [1.29, 1.82) is 0 Å². The normalized spacial score (nSPS) is 14.9. The number of carbonyl (C=O) groups is 1. The monoisotopic (exact) mass is 680 g/mol. The van der Waals surface area contributed by atoms with Crippen molar-refractivity contribution < 1.29 is 19.0 Å². The molecule has 7 nitrogen and oxygen atoms in total. The van der Waals surface area contributed by atoms with Crippen LogP contribution in [0.25, 0.3) is 6.08 Å². The molecular weight excluding hydrogens is 651 g/mol. The third-order valence-corrected chi connectivity index (χ3v) is 8.41. The minimum atomic E-state index is -0.639. The van der Waals surface area contributed by atoms with Gasteiger partial charge in [-0.05, 0) is 90.4 Å². The first-order chi connectivity index (χ1) is 19.8. The molecule has 1 aliphatic heterocycles. The molecule has 0 amide bonds. The summed E-state index contributed by atoms with van der Waals surface area (Å²) in [5.41, 5.74) is 4.41. The number of methoxy groups -OCH3 is 1. The summed E-state index contributed by atoms with van der Waals surface area (Å²) in [6.07, 6.45) is 1.81. The summed E-state index contributed by atoms with van der Waals surface area (Å²) in [5, 5.41) is 0. The number of halogens is 1. The van der Waals surface area contributed by atoms with Crippen LogP contribution in [0, 0.1) is 10.5 Å². The molecule has 0 aliphatic carbocycles. The standard InChI is InChI=1S/C32H29IN2O5S/c1-5-39-31(37)28-20(3)34-32-35(29(28)23-11-6-19(2)7-12-23)30(36)27(41-32)17-22-10-15-25(26(16-22)38-4)40-18-21-8-13-24(33)14-9-21/h6-17,29H,5,18H2,1-4H3/b27-17+/t29-/m1/s1. The van der Waals surface area contributed by atoms with Crippen molar-refractivity contribution in [2.45, 2.75) is 33.4 Å². The van der Waals surface area contributed by atoms with Crippen LogP contribution in [0.15, 0.2) is 87.8 Å². The van der Waals surface area contributed by atoms with E-state index in [4.69, 9.17) is 14.2 Å². The Morgan fingerprint density at radius 1 is 1.05 bits per heavy atom. The molecule has 3 aromatic carbocycles. The highest BCUT2D eigenvalue weighted by Gasteiger charge is 2.33. The van der Waals surface area contributed by atoms with E-state index in [2.05, 4.69) is 27.6 Å². The van der Waals surface area contributed by atoms with Crippen LogP contribution in [0.3, 0.4) is 0 Å². The summed E-state index contributed by atoms with van der Waals surface area (Å²) in [6.45, 7) is 6.18. The Hall–Kier alpha value is -3.70. The number of hydrogen-bond donors (Lipinski definition) is 0. The van der Waals surface area contributed by atoms with Gasteiger partial charge in [-0.3, -0.25) is 9.36 Å². The van der Waals surface area contributed by atoms with E-state index in [1.807, 2.05) is 79.7 Å². The van der Waals surface area contributed by atoms with Gasteiger partial charge in [-0.2, -0.15) is 0 Å². The SMILES string of the molecule is CCOC(=O)C1=C(C)N=c2s/c(=C/c3ccc(OCc4ccc(I)cc4)c(OC)c3)c(=O)n2[C@@H]1c1ccc(C)cc1. The second kappa shape index (κ2) is 12.4. The number of nitrogens with zero attached hydrogens (tertiary/aromatic N) is 2. The maximum Gasteiger partial charge on any atom is 0.338 e. The smallest absolute Gasteiger partial charge is 0.338 e. The van der Waals surface area contributed by atoms with Gasteiger partial charge in [0.2, 0.25) is 0 Å². The van der Waals surface area contributed by atoms with Gasteiger partial charge in [0.05, 0.1) is 35.6 Å². The number of aromatic nitrogens is 1. The van der Waals surface area contributed by atoms with Gasteiger partial charge in [0, 0.05) is 3.57 Å². The van der Waals surface area contributed by atoms with Gasteiger partial charge in [0.1, 0.15) is 6.61 Å². The maximum absolute atomic E-state index is 13.9. The highest BCUT2D eigenvalue weighted by molar-refractivity contribution is 14.1. The summed E-state index contributed by atoms with van der Waals surface area (Å²) in [5.74, 6) is 0.702. The molecule has 0 saturated carbocycles. The van der Waals surface area contributed by atoms with Gasteiger partial charge in [-0.1, -0.05) is 59.4 Å². The average Bonchev–Trinajstić information content (AvgIpc) is 3.26. The molecule has 1 atom stereocenters. The summed E-state index contributed by atoms with van der Waals surface area (Å²) < 4.78 is 20.2. The fraction of sp³-hybridized carbons (Fsp3) is 0.219. The van der Waals surface area contributed by atoms with Gasteiger partial charge >= 0.3 is 5.97 Å². The summed E-state index contributed by atoms with van der Waals surface area (Å²) in [4.78, 5) is 32.1. The lowest BCUT2D eigenvalue weighted by atomic mass is 9.95. The second-order valence-corrected chi connectivity index (χ2v) is 11.8. The van der Waals surface area contributed by atoms with Crippen LogP contribution < -0.4 is 24.4 Å². The Morgan fingerprint density at radius 3 is 2.46 bits per heavy atom. The maximum atomic E-state index is 13.9. The molecule has 0 N–H and O–H groups in total. The fourth-order valence-electron chi connectivity index (χ4n) is 4.64. The molecule has 0 radical (unpaired) electrons. The predicted octanol–water partition coefficient (Wildman–Crippen LogP) is 5.30. The lowest BCUT2D eigenvalue weighted by Gasteiger charge is -2.24. The van der Waals surface area contributed by atoms with E-state index in [-0.39, 0.29) is 12.2 Å². The van der Waals surface area contributed by atoms with Crippen molar-refractivity contribution in [3.8, 4) is 11.5 Å². The van der Waals surface area contributed by atoms with Crippen molar-refractivity contribution in [3.05, 3.63) is 124 Å². The molecule has 5 rings (SSSR count). The van der Waals surface area contributed by atoms with Crippen LogP contribution in [-0.2, 0) is 16.1 Å². The van der Waals surface area contributed by atoms with E-state index in [0.717, 1.165) is 25.8 Å². The number of thiazole rings is 1. The minimum absolute atomic E-state index is 0.229. The number of benzene rings is 3. The number of carbonyl (C=O) groups excluding carboxylic acids is 1. The Balaban J connectivity index is 1.53. The van der Waals surface area contributed by atoms with Gasteiger partial charge < -0.3 is 14.2 Å². The molecule has 0 unspecified atom stereocenters. The Bertz CT molecular complexity index is 1800. The van der Waals surface area contributed by atoms with Crippen LogP contribution in [0.4, 0.5) is 0 Å². The number of aryl methyl sites for hydroxylation is 1. The molecule has 41 heavy (non-hydrogen) atoms. The molecule has 0 spiro atoms. The third kappa shape index (κ3) is 6.15. The van der Waals surface area contributed by atoms with E-state index in [1.165, 1.54) is 11.3 Å². The highest BCUT2D eigenvalue weighted by Crippen LogP contribution is 2.31. The molecule has 2 heterocycles. The number of hydrogen-bond acceptors (Lipinski definition) is 7. The van der Waals surface area contributed by atoms with Gasteiger partial charge in [0.15, 0.2) is 16.3 Å². The first-order valence-electron chi connectivity index (χ1n) is 13.1. The molecule has 4 aromatic rings. The summed E-state index contributed by atoms with van der Waals surface area (Å²) in [6, 6.07) is 20.9. The molecule has 1 aliphatic rings. The number of allylic oxidation sites excluding steroid dienone is 1. The number of fused-ring (bicyclic) bond motifs is 1. The Kier molecular flexibility index (Phi) is 8.74. The van der Waals surface area contributed by atoms with Crippen LogP contribution in [0.5, 0.6) is 11.5 Å². The van der Waals surface area contributed by atoms with E-state index in [0.29, 0.717) is 38.7 Å². The van der Waals surface area contributed by atoms with Gasteiger partial charge in [-0.25, -0.2) is 9.79 Å². The van der Waals surface area contributed by atoms with E-state index < -0.39 is 12.0 Å². The zero-order chi connectivity index (χ0) is 29.1. The quantitative estimate of drug-likeness (QED) is 0.187. The summed E-state index contributed by atoms with van der Waals surface area (Å²) >= 11 is 3.56. The molecule has 210 valence electrons. The largest absolute Gasteiger partial charge is 0.493 e. The average molecular weight is 681 g/mol. The minimum Gasteiger partial charge on any atom is -0.493 e. The molecule has 0 saturated heterocycles. The fourth-order valence-corrected chi connectivity index (χ4v) is 6.05. The topological polar surface area (TPSA) is 79.1 Å². The van der Waals surface area contributed by atoms with E-state index in [1.54, 1.807) is 25.5 Å². The van der Waals surface area contributed by atoms with Gasteiger partial charge in [-0.15, -0.1) is 0 Å². The van der Waals surface area contributed by atoms with Crippen LogP contribution in [-0.4, -0.2) is 24.3 Å². The predicted molar refractivity (Wildman–Crippen MR) is 168 cm³/mol.